The van der Waals surface area contributed by atoms with Gasteiger partial charge < -0.3 is 13.9 Å². The molecule has 0 aliphatic rings. The van der Waals surface area contributed by atoms with E-state index >= 15 is 0 Å². The molecule has 0 aliphatic heterocycles. The van der Waals surface area contributed by atoms with Gasteiger partial charge in [-0.25, -0.2) is 0 Å². The average Bonchev–Trinajstić information content (AvgIpc) is 1.96. The number of hydrogen-bond acceptors (Lipinski definition) is 3. The van der Waals surface area contributed by atoms with Crippen LogP contribution < -0.4 is 0 Å². The molecule has 0 amide bonds. The third kappa shape index (κ3) is 8.98. The van der Waals surface area contributed by atoms with Gasteiger partial charge in [-0.15, -0.1) is 23.2 Å². The summed E-state index contributed by atoms with van der Waals surface area (Å²) in [6.45, 7) is 4.10. The van der Waals surface area contributed by atoms with E-state index in [1.807, 2.05) is 0 Å². The Morgan fingerprint density at radius 2 is 1.50 bits per heavy atom. The van der Waals surface area contributed by atoms with Crippen molar-refractivity contribution in [3.05, 3.63) is 0 Å². The lowest BCUT2D eigenvalue weighted by Gasteiger charge is -2.11. The fourth-order valence-corrected chi connectivity index (χ4v) is 1.45. The van der Waals surface area contributed by atoms with Crippen LogP contribution in [-0.2, 0) is 9.05 Å². The van der Waals surface area contributed by atoms with Crippen LogP contribution in [0.15, 0.2) is 0 Å². The highest BCUT2D eigenvalue weighted by atomic mass is 35.5. The Kier molecular flexibility index (Phi) is 7.85. The quantitative estimate of drug-likeness (QED) is 0.567. The topological polar surface area (TPSA) is 38.7 Å². The van der Waals surface area contributed by atoms with Crippen LogP contribution in [0.25, 0.3) is 0 Å². The zero-order valence-corrected chi connectivity index (χ0v) is 9.44. The van der Waals surface area contributed by atoms with Crippen LogP contribution in [0.2, 0.25) is 0 Å². The molecule has 0 aromatic heterocycles. The molecular formula is C6H13Cl2O3P. The molecule has 0 bridgehead atoms. The van der Waals surface area contributed by atoms with E-state index in [1.165, 1.54) is 0 Å². The maximum atomic E-state index is 9.05. The van der Waals surface area contributed by atoms with E-state index in [0.717, 1.165) is 0 Å². The van der Waals surface area contributed by atoms with E-state index in [1.54, 1.807) is 13.8 Å². The van der Waals surface area contributed by atoms with Gasteiger partial charge in [0.2, 0.25) is 0 Å². The summed E-state index contributed by atoms with van der Waals surface area (Å²) in [7, 11) is -1.81. The van der Waals surface area contributed by atoms with E-state index < -0.39 is 8.60 Å². The molecule has 1 N–H and O–H groups in total. The van der Waals surface area contributed by atoms with Crippen LogP contribution >= 0.6 is 31.8 Å². The van der Waals surface area contributed by atoms with Crippen molar-refractivity contribution in [3.8, 4) is 0 Å². The first-order chi connectivity index (χ1) is 5.52. The third-order valence-corrected chi connectivity index (χ3v) is 1.82. The summed E-state index contributed by atoms with van der Waals surface area (Å²) in [6.07, 6.45) is 0. The minimum Gasteiger partial charge on any atom is -0.328 e. The van der Waals surface area contributed by atoms with Gasteiger partial charge in [0.15, 0.2) is 0 Å². The number of hydrogen-bond donors (Lipinski definition) is 1. The Morgan fingerprint density at radius 3 is 1.75 bits per heavy atom. The molecule has 3 nitrogen and oxygen atoms in total. The van der Waals surface area contributed by atoms with Crippen molar-refractivity contribution in [1.29, 1.82) is 0 Å². The molecule has 6 heteroatoms. The first-order valence-electron chi connectivity index (χ1n) is 3.55. The van der Waals surface area contributed by atoms with Gasteiger partial charge in [0, 0.05) is 0 Å². The molecule has 0 radical (unpaired) electrons. The first kappa shape index (κ1) is 12.9. The molecule has 0 rings (SSSR count). The summed E-state index contributed by atoms with van der Waals surface area (Å²) in [6, 6.07) is 0. The van der Waals surface area contributed by atoms with Crippen LogP contribution in [0.4, 0.5) is 0 Å². The summed E-state index contributed by atoms with van der Waals surface area (Å²) in [4.78, 5) is 9.05. The molecule has 0 spiro atoms. The number of rotatable bonds is 6. The molecule has 0 fully saturated rings. The van der Waals surface area contributed by atoms with Gasteiger partial charge in [0.1, 0.15) is 0 Å². The Morgan fingerprint density at radius 1 is 1.17 bits per heavy atom. The van der Waals surface area contributed by atoms with Crippen LogP contribution in [0.1, 0.15) is 13.8 Å². The van der Waals surface area contributed by atoms with Gasteiger partial charge in [0.05, 0.1) is 24.0 Å². The molecule has 12 heavy (non-hydrogen) atoms. The predicted octanol–water partition coefficient (Wildman–Crippen LogP) is 2.49. The van der Waals surface area contributed by atoms with Gasteiger partial charge in [-0.3, -0.25) is 0 Å². The summed E-state index contributed by atoms with van der Waals surface area (Å²) >= 11 is 11.2. The second-order valence-corrected chi connectivity index (χ2v) is 4.87. The molecule has 2 unspecified atom stereocenters. The fourth-order valence-electron chi connectivity index (χ4n) is 0.370. The summed E-state index contributed by atoms with van der Waals surface area (Å²) in [5, 5.41) is -0.252. The lowest BCUT2D eigenvalue weighted by Crippen LogP contribution is -2.05. The molecular weight excluding hydrogens is 222 g/mol. The van der Waals surface area contributed by atoms with Crippen LogP contribution in [-0.4, -0.2) is 28.9 Å². The third-order valence-electron chi connectivity index (χ3n) is 0.829. The number of halogens is 2. The molecule has 0 saturated heterocycles. The summed E-state index contributed by atoms with van der Waals surface area (Å²) in [5.74, 6) is 0. The van der Waals surface area contributed by atoms with Crippen molar-refractivity contribution >= 4 is 31.8 Å². The normalized spacial score (nSPS) is 18.8. The molecule has 0 heterocycles. The highest BCUT2D eigenvalue weighted by Crippen LogP contribution is 2.33. The molecule has 0 aromatic carbocycles. The minimum absolute atomic E-state index is 0.126. The Hall–Kier alpha value is 0.890. The second-order valence-electron chi connectivity index (χ2n) is 2.39. The van der Waals surface area contributed by atoms with Crippen LogP contribution in [0, 0.1) is 0 Å². The average molecular weight is 235 g/mol. The van der Waals surface area contributed by atoms with E-state index in [0.29, 0.717) is 0 Å². The lowest BCUT2D eigenvalue weighted by atomic mass is 10.5. The summed E-state index contributed by atoms with van der Waals surface area (Å²) < 4.78 is 9.72. The Balaban J connectivity index is 3.27. The van der Waals surface area contributed by atoms with Crippen LogP contribution in [0.5, 0.6) is 0 Å². The van der Waals surface area contributed by atoms with Crippen molar-refractivity contribution in [2.45, 2.75) is 24.6 Å². The standard InChI is InChI=1S/C6H13Cl2O3P/c1-5(7)3-10-12(9)11-4-6(2)8/h5-6,9H,3-4H2,1-2H3. The van der Waals surface area contributed by atoms with Crippen molar-refractivity contribution in [2.75, 3.05) is 13.2 Å². The van der Waals surface area contributed by atoms with Gasteiger partial charge >= 0.3 is 8.60 Å². The summed E-state index contributed by atoms with van der Waals surface area (Å²) in [5.41, 5.74) is 0. The molecule has 74 valence electrons. The van der Waals surface area contributed by atoms with Crippen molar-refractivity contribution in [3.63, 3.8) is 0 Å². The number of alkyl halides is 2. The van der Waals surface area contributed by atoms with Gasteiger partial charge in [-0.2, -0.15) is 0 Å². The van der Waals surface area contributed by atoms with Gasteiger partial charge in [0.25, 0.3) is 0 Å². The first-order valence-corrected chi connectivity index (χ1v) is 5.55. The lowest BCUT2D eigenvalue weighted by molar-refractivity contribution is 0.202. The van der Waals surface area contributed by atoms with Crippen molar-refractivity contribution in [1.82, 2.24) is 0 Å². The van der Waals surface area contributed by atoms with E-state index in [9.17, 15) is 0 Å². The van der Waals surface area contributed by atoms with E-state index in [4.69, 9.17) is 37.1 Å². The Labute approximate surface area is 84.0 Å². The monoisotopic (exact) mass is 234 g/mol. The zero-order chi connectivity index (χ0) is 9.56. The molecule has 0 saturated carbocycles. The van der Waals surface area contributed by atoms with Gasteiger partial charge in [-0.05, 0) is 13.8 Å². The molecule has 0 aliphatic carbocycles. The second kappa shape index (κ2) is 7.31. The Bertz CT molecular complexity index is 101. The minimum atomic E-state index is -1.81. The van der Waals surface area contributed by atoms with E-state index in [2.05, 4.69) is 0 Å². The van der Waals surface area contributed by atoms with Crippen molar-refractivity contribution in [2.24, 2.45) is 0 Å². The zero-order valence-electron chi connectivity index (χ0n) is 7.04. The predicted molar refractivity (Wildman–Crippen MR) is 51.7 cm³/mol. The maximum absolute atomic E-state index is 9.05. The molecule has 0 aromatic rings. The van der Waals surface area contributed by atoms with E-state index in [-0.39, 0.29) is 24.0 Å². The van der Waals surface area contributed by atoms with Gasteiger partial charge in [-0.1, -0.05) is 0 Å². The van der Waals surface area contributed by atoms with Crippen molar-refractivity contribution < 1.29 is 13.9 Å². The van der Waals surface area contributed by atoms with Crippen LogP contribution in [0.3, 0.4) is 0 Å². The highest BCUT2D eigenvalue weighted by molar-refractivity contribution is 7.40. The largest absolute Gasteiger partial charge is 0.329 e. The fraction of sp³-hybridized carbons (Fsp3) is 1.00. The maximum Gasteiger partial charge on any atom is 0.329 e. The molecule has 2 atom stereocenters. The smallest absolute Gasteiger partial charge is 0.328 e. The SMILES string of the molecule is CC(Cl)COP(O)OCC(C)Cl. The highest BCUT2D eigenvalue weighted by Gasteiger charge is 2.09.